The van der Waals surface area contributed by atoms with Crippen LogP contribution in [0.4, 0.5) is 5.69 Å². The van der Waals surface area contributed by atoms with Gasteiger partial charge in [-0.25, -0.2) is 0 Å². The number of aliphatic imine (C=N–C) groups is 1. The molecule has 0 heterocycles. The van der Waals surface area contributed by atoms with Crippen LogP contribution >= 0.6 is 0 Å². The molecule has 0 radical (unpaired) electrons. The van der Waals surface area contributed by atoms with Crippen molar-refractivity contribution >= 4 is 24.3 Å². The summed E-state index contributed by atoms with van der Waals surface area (Å²) in [7, 11) is 0. The Hall–Kier alpha value is -2.22. The van der Waals surface area contributed by atoms with Gasteiger partial charge in [0, 0.05) is 0 Å². The van der Waals surface area contributed by atoms with Crippen LogP contribution in [0.2, 0.25) is 0 Å². The summed E-state index contributed by atoms with van der Waals surface area (Å²) < 4.78 is 0. The van der Waals surface area contributed by atoms with Crippen LogP contribution in [0.3, 0.4) is 0 Å². The Labute approximate surface area is 94.3 Å². The van der Waals surface area contributed by atoms with Gasteiger partial charge in [0.25, 0.3) is 0 Å². The Morgan fingerprint density at radius 1 is 1.00 bits per heavy atom. The Morgan fingerprint density at radius 3 is 2.19 bits per heavy atom. The molecule has 0 atom stereocenters. The predicted octanol–water partition coefficient (Wildman–Crippen LogP) is 3.10. The smallest absolute Gasteiger partial charge is 0.178 e. The fourth-order valence-corrected chi connectivity index (χ4v) is 1.43. The van der Waals surface area contributed by atoms with Crippen LogP contribution in [-0.4, -0.2) is 12.5 Å². The van der Waals surface area contributed by atoms with Gasteiger partial charge in [-0.2, -0.15) is 0 Å². The lowest BCUT2D eigenvalue weighted by Crippen LogP contribution is -1.91. The number of allylic oxidation sites excluding steroid dienone is 5. The number of carbonyl (C=O) groups excluding carboxylic acids is 1. The summed E-state index contributed by atoms with van der Waals surface area (Å²) in [6.45, 7) is 3.46. The molecule has 0 bridgehead atoms. The lowest BCUT2D eigenvalue weighted by Gasteiger charge is -2.00. The van der Waals surface area contributed by atoms with Gasteiger partial charge >= 0.3 is 0 Å². The lowest BCUT2D eigenvalue weighted by atomic mass is 10.1. The normalized spacial score (nSPS) is 14.0. The molecule has 2 nitrogen and oxygen atoms in total. The standard InChI is InChI=1S/C14H11NO/c1-15-13-6-2-11(3-7-13)10-12-4-8-14(16)9-5-12/h2-10H,1H2. The first kappa shape index (κ1) is 10.3. The van der Waals surface area contributed by atoms with E-state index in [-0.39, 0.29) is 5.78 Å². The van der Waals surface area contributed by atoms with Crippen LogP contribution in [-0.2, 0) is 4.79 Å². The maximum atomic E-state index is 10.9. The quantitative estimate of drug-likeness (QED) is 0.688. The molecule has 0 spiro atoms. The topological polar surface area (TPSA) is 29.4 Å². The molecule has 0 saturated heterocycles. The van der Waals surface area contributed by atoms with Crippen molar-refractivity contribution in [1.82, 2.24) is 0 Å². The SMILES string of the molecule is C=Nc1ccc(C=C2C=CC(=O)C=C2)cc1. The molecule has 0 aliphatic heterocycles. The van der Waals surface area contributed by atoms with Gasteiger partial charge in [-0.3, -0.25) is 9.79 Å². The summed E-state index contributed by atoms with van der Waals surface area (Å²) in [6, 6.07) is 7.74. The number of nitrogens with zero attached hydrogens (tertiary/aromatic N) is 1. The summed E-state index contributed by atoms with van der Waals surface area (Å²) in [4.78, 5) is 14.7. The molecule has 1 aliphatic carbocycles. The van der Waals surface area contributed by atoms with Crippen LogP contribution in [0.1, 0.15) is 5.56 Å². The van der Waals surface area contributed by atoms with Crippen molar-refractivity contribution in [1.29, 1.82) is 0 Å². The Morgan fingerprint density at radius 2 is 1.62 bits per heavy atom. The van der Waals surface area contributed by atoms with Gasteiger partial charge in [0.05, 0.1) is 5.69 Å². The van der Waals surface area contributed by atoms with Gasteiger partial charge in [0.15, 0.2) is 5.78 Å². The summed E-state index contributed by atoms with van der Waals surface area (Å²) in [5.41, 5.74) is 2.94. The highest BCUT2D eigenvalue weighted by atomic mass is 16.1. The first-order valence-electron chi connectivity index (χ1n) is 4.96. The second kappa shape index (κ2) is 4.53. The molecule has 0 aromatic heterocycles. The van der Waals surface area contributed by atoms with E-state index in [0.29, 0.717) is 0 Å². The molecule has 78 valence electrons. The zero-order valence-corrected chi connectivity index (χ0v) is 8.76. The molecule has 1 aromatic carbocycles. The van der Waals surface area contributed by atoms with Crippen molar-refractivity contribution in [3.8, 4) is 0 Å². The second-order valence-electron chi connectivity index (χ2n) is 3.46. The molecule has 0 saturated carbocycles. The van der Waals surface area contributed by atoms with Crippen molar-refractivity contribution < 1.29 is 4.79 Å². The zero-order valence-electron chi connectivity index (χ0n) is 8.76. The molecule has 1 aliphatic rings. The van der Waals surface area contributed by atoms with Gasteiger partial charge in [0.1, 0.15) is 0 Å². The first-order valence-corrected chi connectivity index (χ1v) is 4.96. The highest BCUT2D eigenvalue weighted by Crippen LogP contribution is 2.16. The Kier molecular flexibility index (Phi) is 2.92. The van der Waals surface area contributed by atoms with Crippen molar-refractivity contribution in [3.63, 3.8) is 0 Å². The van der Waals surface area contributed by atoms with E-state index in [9.17, 15) is 4.79 Å². The van der Waals surface area contributed by atoms with Gasteiger partial charge in [-0.1, -0.05) is 24.3 Å². The van der Waals surface area contributed by atoms with Crippen molar-refractivity contribution in [3.05, 3.63) is 59.7 Å². The van der Waals surface area contributed by atoms with E-state index in [4.69, 9.17) is 0 Å². The molecular weight excluding hydrogens is 198 g/mol. The average Bonchev–Trinajstić information content (AvgIpc) is 2.33. The number of carbonyl (C=O) groups is 1. The van der Waals surface area contributed by atoms with E-state index >= 15 is 0 Å². The van der Waals surface area contributed by atoms with Crippen molar-refractivity contribution in [2.75, 3.05) is 0 Å². The molecule has 0 N–H and O–H groups in total. The second-order valence-corrected chi connectivity index (χ2v) is 3.46. The van der Waals surface area contributed by atoms with Crippen LogP contribution in [0, 0.1) is 0 Å². The summed E-state index contributed by atoms with van der Waals surface area (Å²) in [5, 5.41) is 0. The maximum Gasteiger partial charge on any atom is 0.178 e. The van der Waals surface area contributed by atoms with Crippen molar-refractivity contribution in [2.24, 2.45) is 4.99 Å². The number of benzene rings is 1. The van der Waals surface area contributed by atoms with Crippen LogP contribution in [0.5, 0.6) is 0 Å². The van der Waals surface area contributed by atoms with E-state index in [1.807, 2.05) is 42.5 Å². The fourth-order valence-electron chi connectivity index (χ4n) is 1.43. The van der Waals surface area contributed by atoms with Crippen LogP contribution in [0.25, 0.3) is 6.08 Å². The maximum absolute atomic E-state index is 10.9. The summed E-state index contributed by atoms with van der Waals surface area (Å²) >= 11 is 0. The largest absolute Gasteiger partial charge is 0.290 e. The molecule has 2 heteroatoms. The molecule has 0 unspecified atom stereocenters. The fraction of sp³-hybridized carbons (Fsp3) is 0. The number of hydrogen-bond donors (Lipinski definition) is 0. The van der Waals surface area contributed by atoms with Crippen LogP contribution < -0.4 is 0 Å². The highest BCUT2D eigenvalue weighted by Gasteiger charge is 1.98. The van der Waals surface area contributed by atoms with Gasteiger partial charge < -0.3 is 0 Å². The van der Waals surface area contributed by atoms with E-state index in [1.54, 1.807) is 12.2 Å². The molecule has 2 rings (SSSR count). The molecule has 0 amide bonds. The Bertz CT molecular complexity index is 486. The number of rotatable bonds is 2. The zero-order chi connectivity index (χ0) is 11.4. The molecule has 16 heavy (non-hydrogen) atoms. The summed E-state index contributed by atoms with van der Waals surface area (Å²) in [5.74, 6) is 0.0309. The average molecular weight is 209 g/mol. The highest BCUT2D eigenvalue weighted by molar-refractivity contribution is 6.01. The molecule has 0 fully saturated rings. The Balaban J connectivity index is 2.23. The third-order valence-electron chi connectivity index (χ3n) is 2.29. The van der Waals surface area contributed by atoms with E-state index < -0.39 is 0 Å². The first-order chi connectivity index (χ1) is 7.78. The number of ketones is 1. The number of hydrogen-bond acceptors (Lipinski definition) is 2. The van der Waals surface area contributed by atoms with Gasteiger partial charge in [0.2, 0.25) is 0 Å². The molecular formula is C14H11NO. The van der Waals surface area contributed by atoms with Gasteiger partial charge in [-0.05, 0) is 48.2 Å². The monoisotopic (exact) mass is 209 g/mol. The minimum absolute atomic E-state index is 0.0309. The lowest BCUT2D eigenvalue weighted by molar-refractivity contribution is -0.110. The van der Waals surface area contributed by atoms with Crippen LogP contribution in [0.15, 0.2) is 59.1 Å². The van der Waals surface area contributed by atoms with E-state index in [2.05, 4.69) is 11.7 Å². The van der Waals surface area contributed by atoms with E-state index in [0.717, 1.165) is 16.8 Å². The minimum Gasteiger partial charge on any atom is -0.290 e. The minimum atomic E-state index is 0.0309. The van der Waals surface area contributed by atoms with Crippen molar-refractivity contribution in [2.45, 2.75) is 0 Å². The third-order valence-corrected chi connectivity index (χ3v) is 2.29. The van der Waals surface area contributed by atoms with Gasteiger partial charge in [-0.15, -0.1) is 0 Å². The predicted molar refractivity (Wildman–Crippen MR) is 66.9 cm³/mol. The van der Waals surface area contributed by atoms with E-state index in [1.165, 1.54) is 0 Å². The third kappa shape index (κ3) is 2.42. The molecule has 1 aromatic rings. The summed E-state index contributed by atoms with van der Waals surface area (Å²) in [6.07, 6.45) is 8.74.